The monoisotopic (exact) mass is 164 g/mol. The van der Waals surface area contributed by atoms with E-state index in [4.69, 9.17) is 4.11 Å². The van der Waals surface area contributed by atoms with Gasteiger partial charge in [-0.15, -0.1) is 0 Å². The first-order chi connectivity index (χ1) is 6.97. The molecule has 0 aliphatic carbocycles. The fraction of sp³-hybridized carbons (Fsp3) is 0.222. The lowest BCUT2D eigenvalue weighted by atomic mass is 10.3. The van der Waals surface area contributed by atoms with E-state index in [9.17, 15) is 0 Å². The molecule has 0 saturated carbocycles. The van der Waals surface area contributed by atoms with Crippen LogP contribution in [0.2, 0.25) is 0 Å². The Hall–Kier alpha value is -1.51. The van der Waals surface area contributed by atoms with Gasteiger partial charge in [0.1, 0.15) is 0 Å². The van der Waals surface area contributed by atoms with Crippen molar-refractivity contribution in [2.45, 2.75) is 6.92 Å². The smallest absolute Gasteiger partial charge is 0.207 e. The Labute approximate surface area is 75.3 Å². The van der Waals surface area contributed by atoms with Crippen LogP contribution in [0.25, 0.3) is 5.52 Å². The van der Waals surface area contributed by atoms with Crippen molar-refractivity contribution in [1.29, 1.82) is 0 Å². The number of anilines is 1. The molecule has 0 aromatic carbocycles. The van der Waals surface area contributed by atoms with Gasteiger partial charge in [-0.25, -0.2) is 4.98 Å². The van der Waals surface area contributed by atoms with Crippen molar-refractivity contribution < 1.29 is 4.11 Å². The summed E-state index contributed by atoms with van der Waals surface area (Å²) in [6.07, 6.45) is 1.78. The van der Waals surface area contributed by atoms with Gasteiger partial charge in [0.2, 0.25) is 5.95 Å². The van der Waals surface area contributed by atoms with Gasteiger partial charge in [-0.3, -0.25) is 4.40 Å². The Kier molecular flexibility index (Phi) is 0.943. The predicted octanol–water partition coefficient (Wildman–Crippen LogP) is 1.68. The van der Waals surface area contributed by atoms with Crippen LogP contribution in [-0.4, -0.2) is 16.4 Å². The molecule has 2 aromatic heterocycles. The summed E-state index contributed by atoms with van der Waals surface area (Å²) in [5.74, 6) is 0.350. The van der Waals surface area contributed by atoms with Crippen LogP contribution in [0.4, 0.5) is 5.95 Å². The number of hydrogen-bond acceptors (Lipinski definition) is 2. The van der Waals surface area contributed by atoms with Crippen LogP contribution in [0.1, 0.15) is 9.81 Å². The minimum absolute atomic E-state index is 0.350. The average Bonchev–Trinajstić information content (AvgIpc) is 2.42. The predicted molar refractivity (Wildman–Crippen MR) is 49.5 cm³/mol. The van der Waals surface area contributed by atoms with E-state index >= 15 is 0 Å². The molecule has 0 amide bonds. The average molecular weight is 164 g/mol. The number of aryl methyl sites for hydroxylation is 1. The SMILES string of the molecule is [2H]C([2H])([2H])Nc1nc(C)c2ccccn12. The van der Waals surface area contributed by atoms with Crippen molar-refractivity contribution in [3.05, 3.63) is 30.1 Å². The van der Waals surface area contributed by atoms with Crippen LogP contribution in [0.3, 0.4) is 0 Å². The number of rotatable bonds is 1. The molecule has 0 saturated heterocycles. The number of nitrogens with zero attached hydrogens (tertiary/aromatic N) is 2. The van der Waals surface area contributed by atoms with Gasteiger partial charge in [-0.05, 0) is 19.1 Å². The van der Waals surface area contributed by atoms with E-state index < -0.39 is 6.98 Å². The topological polar surface area (TPSA) is 29.3 Å². The maximum Gasteiger partial charge on any atom is 0.207 e. The quantitative estimate of drug-likeness (QED) is 0.695. The molecule has 0 aliphatic heterocycles. The third kappa shape index (κ3) is 0.863. The fourth-order valence-electron chi connectivity index (χ4n) is 1.28. The lowest BCUT2D eigenvalue weighted by molar-refractivity contribution is 1.14. The highest BCUT2D eigenvalue weighted by Gasteiger charge is 2.03. The third-order valence-corrected chi connectivity index (χ3v) is 1.84. The zero-order valence-corrected chi connectivity index (χ0v) is 6.70. The summed E-state index contributed by atoms with van der Waals surface area (Å²) in [5.41, 5.74) is 1.71. The number of pyridine rings is 1. The second-order valence-corrected chi connectivity index (χ2v) is 2.60. The fourth-order valence-corrected chi connectivity index (χ4v) is 1.28. The minimum atomic E-state index is -2.22. The maximum atomic E-state index is 7.12. The van der Waals surface area contributed by atoms with E-state index in [0.717, 1.165) is 11.2 Å². The minimum Gasteiger partial charge on any atom is -0.358 e. The molecule has 2 rings (SSSR count). The molecule has 0 bridgehead atoms. The molecule has 12 heavy (non-hydrogen) atoms. The lowest BCUT2D eigenvalue weighted by Gasteiger charge is -1.97. The Morgan fingerprint density at radius 2 is 2.50 bits per heavy atom. The van der Waals surface area contributed by atoms with Gasteiger partial charge in [0.05, 0.1) is 11.2 Å². The van der Waals surface area contributed by atoms with Gasteiger partial charge in [0.25, 0.3) is 0 Å². The van der Waals surface area contributed by atoms with Crippen LogP contribution >= 0.6 is 0 Å². The van der Waals surface area contributed by atoms with E-state index in [1.165, 1.54) is 0 Å². The third-order valence-electron chi connectivity index (χ3n) is 1.84. The molecular weight excluding hydrogens is 150 g/mol. The largest absolute Gasteiger partial charge is 0.358 e. The molecule has 3 heteroatoms. The Morgan fingerprint density at radius 1 is 1.58 bits per heavy atom. The maximum absolute atomic E-state index is 7.12. The highest BCUT2D eigenvalue weighted by molar-refractivity contribution is 5.57. The summed E-state index contributed by atoms with van der Waals surface area (Å²) in [7, 11) is 0. The standard InChI is InChI=1S/C9H11N3/c1-7-8-5-3-4-6-12(8)9(10-2)11-7/h3-6H,1-2H3,(H,10,11)/i2D3. The Bertz CT molecular complexity index is 487. The molecule has 3 nitrogen and oxygen atoms in total. The molecule has 2 heterocycles. The first-order valence-electron chi connectivity index (χ1n) is 5.19. The van der Waals surface area contributed by atoms with Gasteiger partial charge in [-0.2, -0.15) is 0 Å². The van der Waals surface area contributed by atoms with Gasteiger partial charge < -0.3 is 5.32 Å². The number of imidazole rings is 1. The molecule has 0 fully saturated rings. The molecular formula is C9H11N3. The van der Waals surface area contributed by atoms with Crippen molar-refractivity contribution in [3.8, 4) is 0 Å². The van der Waals surface area contributed by atoms with Crippen LogP contribution in [0.15, 0.2) is 24.4 Å². The zero-order valence-electron chi connectivity index (χ0n) is 9.70. The van der Waals surface area contributed by atoms with E-state index in [1.807, 2.05) is 25.1 Å². The summed E-state index contributed by atoms with van der Waals surface area (Å²) in [6, 6.07) is 5.62. The molecule has 2 aromatic rings. The van der Waals surface area contributed by atoms with Crippen molar-refractivity contribution in [1.82, 2.24) is 9.38 Å². The van der Waals surface area contributed by atoms with Crippen LogP contribution in [-0.2, 0) is 0 Å². The van der Waals surface area contributed by atoms with Crippen LogP contribution in [0.5, 0.6) is 0 Å². The van der Waals surface area contributed by atoms with E-state index in [1.54, 1.807) is 10.6 Å². The molecule has 1 N–H and O–H groups in total. The van der Waals surface area contributed by atoms with Crippen LogP contribution in [0, 0.1) is 6.92 Å². The van der Waals surface area contributed by atoms with Gasteiger partial charge in [0.15, 0.2) is 0 Å². The van der Waals surface area contributed by atoms with Gasteiger partial charge >= 0.3 is 0 Å². The summed E-state index contributed by atoms with van der Waals surface area (Å²) in [5, 5.41) is 2.40. The summed E-state index contributed by atoms with van der Waals surface area (Å²) in [4.78, 5) is 4.17. The van der Waals surface area contributed by atoms with Crippen molar-refractivity contribution in [3.63, 3.8) is 0 Å². The van der Waals surface area contributed by atoms with E-state index in [-0.39, 0.29) is 0 Å². The zero-order chi connectivity index (χ0) is 11.1. The number of aromatic nitrogens is 2. The lowest BCUT2D eigenvalue weighted by Crippen LogP contribution is -1.94. The summed E-state index contributed by atoms with van der Waals surface area (Å²) in [6.45, 7) is -0.371. The van der Waals surface area contributed by atoms with Crippen molar-refractivity contribution in [2.75, 3.05) is 12.3 Å². The number of nitrogens with one attached hydrogen (secondary N) is 1. The second kappa shape index (κ2) is 2.52. The second-order valence-electron chi connectivity index (χ2n) is 2.60. The first kappa shape index (κ1) is 4.50. The molecule has 0 unspecified atom stereocenters. The normalized spacial score (nSPS) is 15.2. The molecule has 0 spiro atoms. The Morgan fingerprint density at radius 3 is 3.33 bits per heavy atom. The highest BCUT2D eigenvalue weighted by Crippen LogP contribution is 2.14. The van der Waals surface area contributed by atoms with Gasteiger partial charge in [-0.1, -0.05) is 6.07 Å². The molecule has 0 atom stereocenters. The molecule has 0 radical (unpaired) electrons. The van der Waals surface area contributed by atoms with Gasteiger partial charge in [0, 0.05) is 17.3 Å². The number of hydrogen-bond donors (Lipinski definition) is 1. The molecule has 0 aliphatic rings. The number of fused-ring (bicyclic) bond motifs is 1. The summed E-state index contributed by atoms with van der Waals surface area (Å²) >= 11 is 0. The van der Waals surface area contributed by atoms with Crippen molar-refractivity contribution >= 4 is 11.5 Å². The van der Waals surface area contributed by atoms with E-state index in [0.29, 0.717) is 5.95 Å². The Balaban J connectivity index is 2.53. The first-order valence-corrected chi connectivity index (χ1v) is 3.69. The molecule has 62 valence electrons. The summed E-state index contributed by atoms with van der Waals surface area (Å²) < 4.78 is 23.1. The van der Waals surface area contributed by atoms with Crippen LogP contribution < -0.4 is 5.32 Å². The van der Waals surface area contributed by atoms with Crippen molar-refractivity contribution in [2.24, 2.45) is 0 Å². The highest BCUT2D eigenvalue weighted by atomic mass is 15.2. The van der Waals surface area contributed by atoms with E-state index in [2.05, 4.69) is 10.3 Å².